The Bertz CT molecular complexity index is 1270. The van der Waals surface area contributed by atoms with E-state index in [-0.39, 0.29) is 18.0 Å². The molecule has 31 heavy (non-hydrogen) atoms. The van der Waals surface area contributed by atoms with E-state index in [0.29, 0.717) is 21.9 Å². The van der Waals surface area contributed by atoms with Crippen LogP contribution in [0.5, 0.6) is 0 Å². The number of aromatic nitrogens is 3. The van der Waals surface area contributed by atoms with Crippen molar-refractivity contribution in [3.8, 4) is 0 Å². The fourth-order valence-electron chi connectivity index (χ4n) is 3.35. The van der Waals surface area contributed by atoms with Gasteiger partial charge in [0.2, 0.25) is 0 Å². The third-order valence-corrected chi connectivity index (χ3v) is 6.58. The lowest BCUT2D eigenvalue weighted by Gasteiger charge is -2.20. The highest BCUT2D eigenvalue weighted by molar-refractivity contribution is 7.98. The molecule has 0 aliphatic heterocycles. The number of anilines is 1. The summed E-state index contributed by atoms with van der Waals surface area (Å²) in [4.78, 5) is 20.2. The molecule has 5 nitrogen and oxygen atoms in total. The highest BCUT2D eigenvalue weighted by Crippen LogP contribution is 2.32. The van der Waals surface area contributed by atoms with E-state index in [0.717, 1.165) is 33.7 Å². The van der Waals surface area contributed by atoms with E-state index in [1.54, 1.807) is 17.8 Å². The summed E-state index contributed by atoms with van der Waals surface area (Å²) in [7, 11) is 0. The van der Waals surface area contributed by atoms with Crippen molar-refractivity contribution >= 4 is 44.4 Å². The van der Waals surface area contributed by atoms with Crippen LogP contribution in [0.2, 0.25) is 0 Å². The Hall–Kier alpha value is -2.78. The van der Waals surface area contributed by atoms with Crippen LogP contribution in [0.4, 0.5) is 13.9 Å². The molecule has 0 N–H and O–H groups in total. The molecule has 9 heteroatoms. The van der Waals surface area contributed by atoms with Crippen molar-refractivity contribution in [3.05, 3.63) is 71.1 Å². The summed E-state index contributed by atoms with van der Waals surface area (Å²) in [6, 6.07) is 11.3. The van der Waals surface area contributed by atoms with E-state index < -0.39 is 11.6 Å². The molecule has 0 radical (unpaired) electrons. The number of thioether (sulfide) groups is 1. The molecule has 1 amide bonds. The maximum absolute atomic E-state index is 14.2. The van der Waals surface area contributed by atoms with Crippen molar-refractivity contribution in [2.24, 2.45) is 0 Å². The minimum atomic E-state index is -0.743. The number of hydrogen-bond donors (Lipinski definition) is 0. The quantitative estimate of drug-likeness (QED) is 0.360. The van der Waals surface area contributed by atoms with Gasteiger partial charge in [-0.05, 0) is 50.4 Å². The molecule has 160 valence electrons. The molecule has 0 unspecified atom stereocenters. The van der Waals surface area contributed by atoms with Crippen molar-refractivity contribution in [1.29, 1.82) is 0 Å². The third-order valence-electron chi connectivity index (χ3n) is 4.83. The van der Waals surface area contributed by atoms with Gasteiger partial charge in [0.05, 0.1) is 16.9 Å². The van der Waals surface area contributed by atoms with Gasteiger partial charge in [-0.15, -0.1) is 11.8 Å². The van der Waals surface area contributed by atoms with Crippen LogP contribution in [0.1, 0.15) is 21.7 Å². The number of aryl methyl sites for hydroxylation is 2. The molecular weight excluding hydrogens is 438 g/mol. The van der Waals surface area contributed by atoms with E-state index in [2.05, 4.69) is 10.1 Å². The van der Waals surface area contributed by atoms with Gasteiger partial charge in [0.25, 0.3) is 5.91 Å². The molecule has 0 saturated carbocycles. The zero-order valence-corrected chi connectivity index (χ0v) is 18.9. The first-order valence-electron chi connectivity index (χ1n) is 9.58. The maximum atomic E-state index is 14.2. The number of rotatable bonds is 6. The molecule has 0 saturated heterocycles. The molecule has 0 aliphatic rings. The molecular formula is C22H20F2N4OS2. The van der Waals surface area contributed by atoms with Crippen LogP contribution in [0.25, 0.3) is 10.2 Å². The molecule has 4 aromatic rings. The number of carbonyl (C=O) groups is 1. The number of hydrogen-bond acceptors (Lipinski definition) is 5. The van der Waals surface area contributed by atoms with E-state index in [9.17, 15) is 13.6 Å². The standard InChI is InChI=1S/C22H20F2N4OS2/c1-13-9-14(2)28(26-13)8-7-27(21(29)15-5-4-6-17(10-15)30-3)22-25-20-18(24)11-16(23)12-19(20)31-22/h4-6,9-12H,7-8H2,1-3H3. The monoisotopic (exact) mass is 458 g/mol. The van der Waals surface area contributed by atoms with Gasteiger partial charge < -0.3 is 0 Å². The number of carbonyl (C=O) groups excluding carboxylic acids is 1. The number of thiazole rings is 1. The first kappa shape index (κ1) is 21.5. The van der Waals surface area contributed by atoms with Crippen LogP contribution in [-0.4, -0.2) is 33.5 Å². The van der Waals surface area contributed by atoms with Crippen molar-refractivity contribution in [2.75, 3.05) is 17.7 Å². The number of amides is 1. The molecule has 0 fully saturated rings. The van der Waals surface area contributed by atoms with Gasteiger partial charge in [-0.25, -0.2) is 13.8 Å². The Morgan fingerprint density at radius 1 is 1.19 bits per heavy atom. The summed E-state index contributed by atoms with van der Waals surface area (Å²) in [5.74, 6) is -1.67. The van der Waals surface area contributed by atoms with Gasteiger partial charge in [-0.3, -0.25) is 14.4 Å². The summed E-state index contributed by atoms with van der Waals surface area (Å²) in [6.45, 7) is 4.59. The molecule has 0 aliphatic carbocycles. The topological polar surface area (TPSA) is 51.0 Å². The van der Waals surface area contributed by atoms with Gasteiger partial charge in [0.1, 0.15) is 11.3 Å². The summed E-state index contributed by atoms with van der Waals surface area (Å²) in [6.07, 6.45) is 1.94. The van der Waals surface area contributed by atoms with Crippen LogP contribution < -0.4 is 4.90 Å². The second-order valence-electron chi connectivity index (χ2n) is 7.07. The van der Waals surface area contributed by atoms with Crippen LogP contribution in [0, 0.1) is 25.5 Å². The minimum Gasteiger partial charge on any atom is -0.282 e. The highest BCUT2D eigenvalue weighted by Gasteiger charge is 2.23. The molecule has 0 bridgehead atoms. The Morgan fingerprint density at radius 3 is 2.71 bits per heavy atom. The summed E-state index contributed by atoms with van der Waals surface area (Å²) in [5.41, 5.74) is 2.43. The van der Waals surface area contributed by atoms with Crippen molar-refractivity contribution in [1.82, 2.24) is 14.8 Å². The van der Waals surface area contributed by atoms with Crippen LogP contribution in [-0.2, 0) is 6.54 Å². The lowest BCUT2D eigenvalue weighted by molar-refractivity contribution is 0.0985. The van der Waals surface area contributed by atoms with E-state index in [1.807, 2.05) is 49.1 Å². The van der Waals surface area contributed by atoms with E-state index in [1.165, 1.54) is 11.0 Å². The largest absolute Gasteiger partial charge is 0.282 e. The highest BCUT2D eigenvalue weighted by atomic mass is 32.2. The summed E-state index contributed by atoms with van der Waals surface area (Å²) < 4.78 is 30.1. The summed E-state index contributed by atoms with van der Waals surface area (Å²) >= 11 is 2.63. The van der Waals surface area contributed by atoms with E-state index >= 15 is 0 Å². The van der Waals surface area contributed by atoms with Crippen LogP contribution in [0.15, 0.2) is 47.4 Å². The van der Waals surface area contributed by atoms with Gasteiger partial charge in [0, 0.05) is 28.8 Å². The second-order valence-corrected chi connectivity index (χ2v) is 8.96. The van der Waals surface area contributed by atoms with E-state index in [4.69, 9.17) is 0 Å². The lowest BCUT2D eigenvalue weighted by atomic mass is 10.2. The van der Waals surface area contributed by atoms with Gasteiger partial charge in [-0.2, -0.15) is 5.10 Å². The van der Waals surface area contributed by atoms with Crippen LogP contribution in [0.3, 0.4) is 0 Å². The maximum Gasteiger partial charge on any atom is 0.260 e. The molecule has 0 atom stereocenters. The predicted octanol–water partition coefficient (Wildman–Crippen LogP) is 5.46. The second kappa shape index (κ2) is 8.76. The van der Waals surface area contributed by atoms with Crippen molar-refractivity contribution < 1.29 is 13.6 Å². The zero-order chi connectivity index (χ0) is 22.1. The van der Waals surface area contributed by atoms with Crippen LogP contribution >= 0.6 is 23.1 Å². The Kier molecular flexibility index (Phi) is 6.06. The first-order valence-corrected chi connectivity index (χ1v) is 11.6. The van der Waals surface area contributed by atoms with Gasteiger partial charge >= 0.3 is 0 Å². The SMILES string of the molecule is CSc1cccc(C(=O)N(CCn2nc(C)cc2C)c2nc3c(F)cc(F)cc3s2)c1. The first-order chi connectivity index (χ1) is 14.9. The van der Waals surface area contributed by atoms with Gasteiger partial charge in [-0.1, -0.05) is 17.4 Å². The smallest absolute Gasteiger partial charge is 0.260 e. The Morgan fingerprint density at radius 2 is 2.00 bits per heavy atom. The number of halogens is 2. The normalized spacial score (nSPS) is 11.3. The fraction of sp³-hybridized carbons (Fsp3) is 0.227. The number of nitrogens with zero attached hydrogens (tertiary/aromatic N) is 4. The average molecular weight is 459 g/mol. The third kappa shape index (κ3) is 4.47. The Balaban J connectivity index is 1.73. The zero-order valence-electron chi connectivity index (χ0n) is 17.2. The fourth-order valence-corrected chi connectivity index (χ4v) is 4.84. The lowest BCUT2D eigenvalue weighted by Crippen LogP contribution is -2.34. The number of fused-ring (bicyclic) bond motifs is 1. The molecule has 0 spiro atoms. The molecule has 2 aromatic heterocycles. The molecule has 2 aromatic carbocycles. The van der Waals surface area contributed by atoms with Crippen molar-refractivity contribution in [2.45, 2.75) is 25.3 Å². The number of benzene rings is 2. The molecule has 2 heterocycles. The average Bonchev–Trinajstić information content (AvgIpc) is 3.30. The minimum absolute atomic E-state index is 0.0585. The Labute approximate surface area is 186 Å². The van der Waals surface area contributed by atoms with Crippen molar-refractivity contribution in [3.63, 3.8) is 0 Å². The van der Waals surface area contributed by atoms with Gasteiger partial charge in [0.15, 0.2) is 10.9 Å². The summed E-state index contributed by atoms with van der Waals surface area (Å²) in [5, 5.41) is 4.77. The predicted molar refractivity (Wildman–Crippen MR) is 121 cm³/mol. The molecule has 4 rings (SSSR count).